The number of alkyl carbamates (subject to hydrolysis) is 1. The number of nitrogens with one attached hydrogen (secondary N) is 1. The highest BCUT2D eigenvalue weighted by molar-refractivity contribution is 9.10. The Bertz CT molecular complexity index is 1330. The zero-order valence-corrected chi connectivity index (χ0v) is 21.4. The van der Waals surface area contributed by atoms with Crippen LogP contribution >= 0.6 is 15.9 Å². The summed E-state index contributed by atoms with van der Waals surface area (Å²) >= 11 is 3.21. The van der Waals surface area contributed by atoms with E-state index in [1.54, 1.807) is 51.1 Å². The second kappa shape index (κ2) is 10.6. The first-order valence-electron chi connectivity index (χ1n) is 10.9. The van der Waals surface area contributed by atoms with Crippen molar-refractivity contribution in [3.05, 3.63) is 102 Å². The molecule has 3 rings (SSSR count). The molecule has 0 saturated heterocycles. The Labute approximate surface area is 209 Å². The molecule has 0 radical (unpaired) electrons. The van der Waals surface area contributed by atoms with Crippen LogP contribution in [0.25, 0.3) is 0 Å². The number of rotatable bonds is 6. The van der Waals surface area contributed by atoms with Crippen LogP contribution in [0.1, 0.15) is 43.6 Å². The first kappa shape index (κ1) is 26.3. The number of nitrogens with zero attached hydrogens (tertiary/aromatic N) is 2. The number of hydrogen-bond donors (Lipinski definition) is 1. The van der Waals surface area contributed by atoms with Crippen molar-refractivity contribution < 1.29 is 18.3 Å². The monoisotopic (exact) mass is 549 g/mol. The molecule has 0 bridgehead atoms. The predicted molar refractivity (Wildman–Crippen MR) is 131 cm³/mol. The van der Waals surface area contributed by atoms with Gasteiger partial charge in [0.2, 0.25) is 0 Å². The van der Waals surface area contributed by atoms with Gasteiger partial charge in [0, 0.05) is 11.3 Å². The molecule has 0 aliphatic rings. The largest absolute Gasteiger partial charge is 0.444 e. The molecule has 3 aromatic rings. The van der Waals surface area contributed by atoms with Crippen LogP contribution in [-0.2, 0) is 17.8 Å². The number of ether oxygens (including phenoxy) is 1. The topological polar surface area (TPSA) is 82.3 Å². The molecule has 0 spiro atoms. The molecule has 0 unspecified atom stereocenters. The average Bonchev–Trinajstić information content (AvgIpc) is 2.78. The van der Waals surface area contributed by atoms with Crippen molar-refractivity contribution in [2.24, 2.45) is 0 Å². The summed E-state index contributed by atoms with van der Waals surface area (Å²) in [6.45, 7) is 5.99. The zero-order chi connectivity index (χ0) is 25.9. The van der Waals surface area contributed by atoms with Crippen molar-refractivity contribution in [1.82, 2.24) is 14.5 Å². The van der Waals surface area contributed by atoms with E-state index in [0.717, 1.165) is 21.3 Å². The van der Waals surface area contributed by atoms with Crippen LogP contribution in [0.4, 0.5) is 13.6 Å². The fraction of sp³-hybridized carbons (Fsp3) is 0.320. The molecule has 0 aliphatic heterocycles. The van der Waals surface area contributed by atoms with Crippen LogP contribution in [-0.4, -0.2) is 20.8 Å². The standard InChI is InChI=1S/C25H26BrF2N3O4/c1-15-21(26)22(32)31(24(34)30(15)13-17-18(27)11-8-12-19(17)28)14-20(16-9-6-5-7-10-16)29-23(33)35-25(2,3)4/h5-12,20H,13-14H2,1-4H3,(H,29,33)/t20-/m1/s1. The van der Waals surface area contributed by atoms with E-state index in [0.29, 0.717) is 5.56 Å². The fourth-order valence-electron chi connectivity index (χ4n) is 3.51. The smallest absolute Gasteiger partial charge is 0.408 e. The summed E-state index contributed by atoms with van der Waals surface area (Å²) < 4.78 is 36.0. The van der Waals surface area contributed by atoms with Gasteiger partial charge in [-0.25, -0.2) is 18.4 Å². The molecule has 0 fully saturated rings. The summed E-state index contributed by atoms with van der Waals surface area (Å²) in [6, 6.07) is 11.4. The summed E-state index contributed by atoms with van der Waals surface area (Å²) in [5.41, 5.74) is -1.62. The van der Waals surface area contributed by atoms with Gasteiger partial charge in [-0.1, -0.05) is 36.4 Å². The molecule has 1 heterocycles. The van der Waals surface area contributed by atoms with Crippen LogP contribution in [0.5, 0.6) is 0 Å². The van der Waals surface area contributed by atoms with Crippen molar-refractivity contribution in [2.75, 3.05) is 0 Å². The highest BCUT2D eigenvalue weighted by atomic mass is 79.9. The first-order valence-corrected chi connectivity index (χ1v) is 11.7. The lowest BCUT2D eigenvalue weighted by molar-refractivity contribution is 0.0497. The summed E-state index contributed by atoms with van der Waals surface area (Å²) in [4.78, 5) is 38.9. The fourth-order valence-corrected chi connectivity index (χ4v) is 3.94. The minimum Gasteiger partial charge on any atom is -0.444 e. The first-order chi connectivity index (χ1) is 16.4. The number of aromatic nitrogens is 2. The maximum Gasteiger partial charge on any atom is 0.408 e. The van der Waals surface area contributed by atoms with Crippen molar-refractivity contribution in [3.8, 4) is 0 Å². The van der Waals surface area contributed by atoms with Gasteiger partial charge in [0.1, 0.15) is 21.7 Å². The van der Waals surface area contributed by atoms with Crippen molar-refractivity contribution in [1.29, 1.82) is 0 Å². The maximum absolute atomic E-state index is 14.3. The maximum atomic E-state index is 14.3. The zero-order valence-electron chi connectivity index (χ0n) is 19.8. The minimum absolute atomic E-state index is 0.0675. The number of hydrogen-bond acceptors (Lipinski definition) is 4. The Hall–Kier alpha value is -3.27. The van der Waals surface area contributed by atoms with Gasteiger partial charge >= 0.3 is 11.8 Å². The van der Waals surface area contributed by atoms with Crippen LogP contribution in [0.15, 0.2) is 62.6 Å². The molecular weight excluding hydrogens is 524 g/mol. The Kier molecular flexibility index (Phi) is 7.94. The van der Waals surface area contributed by atoms with Crippen LogP contribution < -0.4 is 16.6 Å². The molecule has 0 aliphatic carbocycles. The number of amides is 1. The minimum atomic E-state index is -0.807. The summed E-state index contributed by atoms with van der Waals surface area (Å²) in [5, 5.41) is 2.71. The van der Waals surface area contributed by atoms with Gasteiger partial charge in [-0.2, -0.15) is 0 Å². The van der Waals surface area contributed by atoms with E-state index >= 15 is 0 Å². The Morgan fingerprint density at radius 3 is 2.20 bits per heavy atom. The second-order valence-electron chi connectivity index (χ2n) is 8.99. The molecule has 10 heteroatoms. The van der Waals surface area contributed by atoms with E-state index in [1.807, 2.05) is 0 Å². The summed E-state index contributed by atoms with van der Waals surface area (Å²) in [7, 11) is 0. The highest BCUT2D eigenvalue weighted by Gasteiger charge is 2.24. The highest BCUT2D eigenvalue weighted by Crippen LogP contribution is 2.19. The third-order valence-electron chi connectivity index (χ3n) is 5.25. The number of halogens is 3. The predicted octanol–water partition coefficient (Wildman–Crippen LogP) is 4.67. The molecule has 1 atom stereocenters. The number of benzene rings is 2. The lowest BCUT2D eigenvalue weighted by atomic mass is 10.1. The van der Waals surface area contributed by atoms with Crippen molar-refractivity contribution >= 4 is 22.0 Å². The molecule has 7 nitrogen and oxygen atoms in total. The van der Waals surface area contributed by atoms with Crippen LogP contribution in [0.3, 0.4) is 0 Å². The number of carbonyl (C=O) groups excluding carboxylic acids is 1. The van der Waals surface area contributed by atoms with Gasteiger partial charge in [-0.3, -0.25) is 13.9 Å². The van der Waals surface area contributed by atoms with Gasteiger partial charge in [-0.05, 0) is 61.3 Å². The summed E-state index contributed by atoms with van der Waals surface area (Å²) in [5.74, 6) is -1.61. The Morgan fingerprint density at radius 1 is 1.03 bits per heavy atom. The third kappa shape index (κ3) is 6.25. The molecule has 1 N–H and O–H groups in total. The average molecular weight is 550 g/mol. The SMILES string of the molecule is Cc1c(Br)c(=O)n(C[C@@H](NC(=O)OC(C)(C)C)c2ccccc2)c(=O)n1Cc1c(F)cccc1F. The quantitative estimate of drug-likeness (QED) is 0.484. The van der Waals surface area contributed by atoms with Crippen molar-refractivity contribution in [3.63, 3.8) is 0 Å². The summed E-state index contributed by atoms with van der Waals surface area (Å²) in [6.07, 6.45) is -0.723. The van der Waals surface area contributed by atoms with E-state index in [2.05, 4.69) is 21.2 Å². The molecule has 1 amide bonds. The lowest BCUT2D eigenvalue weighted by Gasteiger charge is -2.25. The van der Waals surface area contributed by atoms with Crippen LogP contribution in [0.2, 0.25) is 0 Å². The Balaban J connectivity index is 2.07. The van der Waals surface area contributed by atoms with E-state index in [-0.39, 0.29) is 22.3 Å². The lowest BCUT2D eigenvalue weighted by Crippen LogP contribution is -2.45. The van der Waals surface area contributed by atoms with Gasteiger partial charge in [0.25, 0.3) is 5.56 Å². The molecule has 35 heavy (non-hydrogen) atoms. The molecular formula is C25H26BrF2N3O4. The third-order valence-corrected chi connectivity index (χ3v) is 6.17. The van der Waals surface area contributed by atoms with Gasteiger partial charge in [0.05, 0.1) is 19.1 Å². The normalized spacial score (nSPS) is 12.3. The second-order valence-corrected chi connectivity index (χ2v) is 9.79. The van der Waals surface area contributed by atoms with E-state index in [4.69, 9.17) is 4.74 Å². The number of carbonyl (C=O) groups is 1. The van der Waals surface area contributed by atoms with E-state index < -0.39 is 47.2 Å². The molecule has 2 aromatic carbocycles. The van der Waals surface area contributed by atoms with Crippen LogP contribution in [0, 0.1) is 18.6 Å². The van der Waals surface area contributed by atoms with E-state index in [9.17, 15) is 23.2 Å². The van der Waals surface area contributed by atoms with Gasteiger partial charge in [0.15, 0.2) is 0 Å². The molecule has 186 valence electrons. The van der Waals surface area contributed by atoms with Gasteiger partial charge < -0.3 is 10.1 Å². The molecule has 1 aromatic heterocycles. The van der Waals surface area contributed by atoms with E-state index in [1.165, 1.54) is 13.0 Å². The van der Waals surface area contributed by atoms with Gasteiger partial charge in [-0.15, -0.1) is 0 Å². The Morgan fingerprint density at radius 2 is 1.63 bits per heavy atom. The van der Waals surface area contributed by atoms with Crippen molar-refractivity contribution in [2.45, 2.75) is 52.4 Å². The molecule has 0 saturated carbocycles.